The Bertz CT molecular complexity index is 255. The van der Waals surface area contributed by atoms with Crippen LogP contribution in [-0.2, 0) is 9.59 Å². The van der Waals surface area contributed by atoms with Gasteiger partial charge in [0.2, 0.25) is 11.8 Å². The molecule has 0 aromatic rings. The molecule has 1 N–H and O–H groups in total. The number of hydrogen-bond donors (Lipinski definition) is 1. The van der Waals surface area contributed by atoms with Crippen molar-refractivity contribution in [3.63, 3.8) is 0 Å². The van der Waals surface area contributed by atoms with Gasteiger partial charge in [-0.3, -0.25) is 9.59 Å². The van der Waals surface area contributed by atoms with Gasteiger partial charge in [0.05, 0.1) is 6.54 Å². The second kappa shape index (κ2) is 8.11. The topological polar surface area (TPSA) is 49.4 Å². The predicted octanol–water partition coefficient (Wildman–Crippen LogP) is 2.08. The molecule has 4 heteroatoms. The minimum absolute atomic E-state index is 0.00685. The Kier molecular flexibility index (Phi) is 6.76. The lowest BCUT2D eigenvalue weighted by Crippen LogP contribution is -2.58. The second-order valence-electron chi connectivity index (χ2n) is 5.08. The molecular formula is C14H26N2O2. The average molecular weight is 254 g/mol. The SMILES string of the molecule is CCCCCC1NC(=O)CN(CCCCC)C1=O. The Hall–Kier alpha value is -1.06. The van der Waals surface area contributed by atoms with E-state index in [1.54, 1.807) is 4.90 Å². The van der Waals surface area contributed by atoms with Crippen molar-refractivity contribution in [2.45, 2.75) is 64.8 Å². The van der Waals surface area contributed by atoms with Crippen LogP contribution in [0.3, 0.4) is 0 Å². The molecule has 0 aliphatic carbocycles. The van der Waals surface area contributed by atoms with Crippen molar-refractivity contribution < 1.29 is 9.59 Å². The molecule has 0 bridgehead atoms. The molecule has 1 unspecified atom stereocenters. The third-order valence-corrected chi connectivity index (χ3v) is 3.41. The summed E-state index contributed by atoms with van der Waals surface area (Å²) in [4.78, 5) is 25.5. The molecule has 1 atom stereocenters. The molecule has 1 heterocycles. The van der Waals surface area contributed by atoms with Crippen molar-refractivity contribution in [1.82, 2.24) is 10.2 Å². The summed E-state index contributed by atoms with van der Waals surface area (Å²) in [5.41, 5.74) is 0. The zero-order valence-electron chi connectivity index (χ0n) is 11.7. The molecule has 0 aromatic heterocycles. The van der Waals surface area contributed by atoms with Crippen LogP contribution >= 0.6 is 0 Å². The van der Waals surface area contributed by atoms with Crippen molar-refractivity contribution in [2.75, 3.05) is 13.1 Å². The zero-order valence-corrected chi connectivity index (χ0v) is 11.7. The first-order valence-electron chi connectivity index (χ1n) is 7.27. The van der Waals surface area contributed by atoms with E-state index in [-0.39, 0.29) is 24.4 Å². The van der Waals surface area contributed by atoms with E-state index < -0.39 is 0 Å². The van der Waals surface area contributed by atoms with Gasteiger partial charge in [0.25, 0.3) is 0 Å². The average Bonchev–Trinajstić information content (AvgIpc) is 2.35. The zero-order chi connectivity index (χ0) is 13.4. The van der Waals surface area contributed by atoms with Crippen LogP contribution in [0.1, 0.15) is 58.8 Å². The minimum Gasteiger partial charge on any atom is -0.343 e. The largest absolute Gasteiger partial charge is 0.343 e. The summed E-state index contributed by atoms with van der Waals surface area (Å²) < 4.78 is 0. The minimum atomic E-state index is -0.278. The summed E-state index contributed by atoms with van der Waals surface area (Å²) >= 11 is 0. The molecule has 104 valence electrons. The van der Waals surface area contributed by atoms with Gasteiger partial charge in [-0.15, -0.1) is 0 Å². The number of carbonyl (C=O) groups excluding carboxylic acids is 2. The Morgan fingerprint density at radius 2 is 1.78 bits per heavy atom. The number of piperazine rings is 1. The van der Waals surface area contributed by atoms with Crippen LogP contribution in [0.15, 0.2) is 0 Å². The van der Waals surface area contributed by atoms with Crippen molar-refractivity contribution >= 4 is 11.8 Å². The first kappa shape index (κ1) is 15.0. The van der Waals surface area contributed by atoms with Crippen LogP contribution in [0.2, 0.25) is 0 Å². The summed E-state index contributed by atoms with van der Waals surface area (Å²) in [6, 6.07) is -0.278. The normalized spacial score (nSPS) is 20.1. The standard InChI is InChI=1S/C14H26N2O2/c1-3-5-7-9-12-14(18)16(10-8-6-4-2)11-13(17)15-12/h12H,3-11H2,1-2H3,(H,15,17). The quantitative estimate of drug-likeness (QED) is 0.674. The fourth-order valence-corrected chi connectivity index (χ4v) is 2.31. The highest BCUT2D eigenvalue weighted by molar-refractivity contribution is 5.94. The van der Waals surface area contributed by atoms with E-state index in [1.165, 1.54) is 0 Å². The van der Waals surface area contributed by atoms with Crippen LogP contribution in [0.4, 0.5) is 0 Å². The number of rotatable bonds is 8. The molecule has 0 spiro atoms. The lowest BCUT2D eigenvalue weighted by atomic mass is 10.0. The molecule has 1 saturated heterocycles. The summed E-state index contributed by atoms with van der Waals surface area (Å²) in [5.74, 6) is 0.106. The van der Waals surface area contributed by atoms with Crippen LogP contribution in [0, 0.1) is 0 Å². The van der Waals surface area contributed by atoms with Gasteiger partial charge in [0.15, 0.2) is 0 Å². The summed E-state index contributed by atoms with van der Waals surface area (Å²) in [5, 5.41) is 2.82. The van der Waals surface area contributed by atoms with Gasteiger partial charge < -0.3 is 10.2 Å². The number of nitrogens with zero attached hydrogens (tertiary/aromatic N) is 1. The van der Waals surface area contributed by atoms with E-state index in [1.807, 2.05) is 0 Å². The highest BCUT2D eigenvalue weighted by Crippen LogP contribution is 2.11. The van der Waals surface area contributed by atoms with Gasteiger partial charge in [-0.25, -0.2) is 0 Å². The molecule has 0 radical (unpaired) electrons. The molecule has 1 fully saturated rings. The molecule has 1 aliphatic rings. The van der Waals surface area contributed by atoms with Crippen LogP contribution in [0.25, 0.3) is 0 Å². The first-order chi connectivity index (χ1) is 8.69. The van der Waals surface area contributed by atoms with E-state index in [0.717, 1.165) is 51.5 Å². The molecule has 0 aromatic carbocycles. The fraction of sp³-hybridized carbons (Fsp3) is 0.857. The predicted molar refractivity (Wildman–Crippen MR) is 72.2 cm³/mol. The number of nitrogens with one attached hydrogen (secondary N) is 1. The molecular weight excluding hydrogens is 228 g/mol. The maximum atomic E-state index is 12.2. The molecule has 0 saturated carbocycles. The summed E-state index contributed by atoms with van der Waals surface area (Å²) in [6.45, 7) is 5.24. The van der Waals surface area contributed by atoms with Gasteiger partial charge in [0.1, 0.15) is 6.04 Å². The Morgan fingerprint density at radius 1 is 1.11 bits per heavy atom. The van der Waals surface area contributed by atoms with E-state index >= 15 is 0 Å². The lowest BCUT2D eigenvalue weighted by molar-refractivity contribution is -0.144. The monoisotopic (exact) mass is 254 g/mol. The fourth-order valence-electron chi connectivity index (χ4n) is 2.31. The van der Waals surface area contributed by atoms with E-state index in [0.29, 0.717) is 0 Å². The third-order valence-electron chi connectivity index (χ3n) is 3.41. The third kappa shape index (κ3) is 4.67. The summed E-state index contributed by atoms with van der Waals surface area (Å²) in [7, 11) is 0. The van der Waals surface area contributed by atoms with E-state index in [9.17, 15) is 9.59 Å². The second-order valence-corrected chi connectivity index (χ2v) is 5.08. The number of unbranched alkanes of at least 4 members (excludes halogenated alkanes) is 4. The van der Waals surface area contributed by atoms with Crippen molar-refractivity contribution in [3.8, 4) is 0 Å². The van der Waals surface area contributed by atoms with Crippen molar-refractivity contribution in [1.29, 1.82) is 0 Å². The maximum Gasteiger partial charge on any atom is 0.245 e. The van der Waals surface area contributed by atoms with Crippen molar-refractivity contribution in [3.05, 3.63) is 0 Å². The Morgan fingerprint density at radius 3 is 2.44 bits per heavy atom. The van der Waals surface area contributed by atoms with Crippen LogP contribution in [0.5, 0.6) is 0 Å². The molecule has 1 aliphatic heterocycles. The first-order valence-corrected chi connectivity index (χ1v) is 7.27. The van der Waals surface area contributed by atoms with Gasteiger partial charge in [-0.05, 0) is 12.8 Å². The van der Waals surface area contributed by atoms with Crippen LogP contribution < -0.4 is 5.32 Å². The number of hydrogen-bond acceptors (Lipinski definition) is 2. The molecule has 18 heavy (non-hydrogen) atoms. The Balaban J connectivity index is 2.43. The van der Waals surface area contributed by atoms with Crippen LogP contribution in [-0.4, -0.2) is 35.8 Å². The maximum absolute atomic E-state index is 12.2. The smallest absolute Gasteiger partial charge is 0.245 e. The van der Waals surface area contributed by atoms with E-state index in [4.69, 9.17) is 0 Å². The van der Waals surface area contributed by atoms with Crippen molar-refractivity contribution in [2.24, 2.45) is 0 Å². The van der Waals surface area contributed by atoms with Gasteiger partial charge in [-0.2, -0.15) is 0 Å². The highest BCUT2D eigenvalue weighted by Gasteiger charge is 2.31. The molecule has 2 amide bonds. The molecule has 4 nitrogen and oxygen atoms in total. The van der Waals surface area contributed by atoms with Gasteiger partial charge in [0, 0.05) is 6.54 Å². The highest BCUT2D eigenvalue weighted by atomic mass is 16.2. The number of amides is 2. The number of carbonyl (C=O) groups is 2. The molecule has 1 rings (SSSR count). The lowest BCUT2D eigenvalue weighted by Gasteiger charge is -2.32. The van der Waals surface area contributed by atoms with Gasteiger partial charge in [-0.1, -0.05) is 46.0 Å². The Labute approximate surface area is 110 Å². The van der Waals surface area contributed by atoms with Gasteiger partial charge >= 0.3 is 0 Å². The summed E-state index contributed by atoms with van der Waals surface area (Å²) in [6.07, 6.45) is 7.29. The van der Waals surface area contributed by atoms with E-state index in [2.05, 4.69) is 19.2 Å².